The average molecular weight is 603 g/mol. The first-order valence-corrected chi connectivity index (χ1v) is 13.6. The maximum atomic E-state index is 12.7. The lowest BCUT2D eigenvalue weighted by molar-refractivity contribution is -0.157. The van der Waals surface area contributed by atoms with Crippen molar-refractivity contribution in [1.29, 1.82) is 0 Å². The van der Waals surface area contributed by atoms with E-state index in [1.165, 1.54) is 0 Å². The van der Waals surface area contributed by atoms with E-state index in [1.54, 1.807) is 76.2 Å². The fourth-order valence-corrected chi connectivity index (χ4v) is 3.57. The number of amides is 2. The highest BCUT2D eigenvalue weighted by atomic mass is 16.7. The van der Waals surface area contributed by atoms with Crippen molar-refractivity contribution in [2.75, 3.05) is 13.2 Å². The molecular formula is C30H38N2O11. The Balaban J connectivity index is 1.89. The van der Waals surface area contributed by atoms with Gasteiger partial charge in [0.2, 0.25) is 0 Å². The molecule has 0 spiro atoms. The molecule has 0 saturated heterocycles. The molecule has 0 aliphatic heterocycles. The SMILES string of the molecule is CC(C)[C@H](NC(=O)OCc1ccccc1)C(=O)OCC(COC(=O)[C@@H](NC(=O)OCc1ccccc1)C(C)C)OC(=O)O. The fourth-order valence-electron chi connectivity index (χ4n) is 3.57. The van der Waals surface area contributed by atoms with E-state index in [-0.39, 0.29) is 13.2 Å². The van der Waals surface area contributed by atoms with E-state index in [2.05, 4.69) is 10.6 Å². The van der Waals surface area contributed by atoms with Gasteiger partial charge in [-0.1, -0.05) is 88.4 Å². The van der Waals surface area contributed by atoms with Crippen molar-refractivity contribution in [3.8, 4) is 0 Å². The largest absolute Gasteiger partial charge is 0.506 e. The number of carbonyl (C=O) groups is 5. The van der Waals surface area contributed by atoms with Crippen molar-refractivity contribution >= 4 is 30.3 Å². The van der Waals surface area contributed by atoms with Gasteiger partial charge in [-0.3, -0.25) is 0 Å². The molecule has 2 amide bonds. The predicted molar refractivity (Wildman–Crippen MR) is 152 cm³/mol. The third-order valence-electron chi connectivity index (χ3n) is 5.90. The predicted octanol–water partition coefficient (Wildman–Crippen LogP) is 4.04. The number of hydrogen-bond acceptors (Lipinski definition) is 10. The molecule has 13 heteroatoms. The quantitative estimate of drug-likeness (QED) is 0.198. The van der Waals surface area contributed by atoms with E-state index in [4.69, 9.17) is 28.8 Å². The summed E-state index contributed by atoms with van der Waals surface area (Å²) in [6.07, 6.45) is -4.77. The average Bonchev–Trinajstić information content (AvgIpc) is 2.98. The Morgan fingerprint density at radius 2 is 1.00 bits per heavy atom. The first kappa shape index (κ1) is 34.4. The molecule has 0 aliphatic carbocycles. The number of carboxylic acid groups (broad SMARTS) is 1. The van der Waals surface area contributed by atoms with Gasteiger partial charge in [0.05, 0.1) is 0 Å². The van der Waals surface area contributed by atoms with Gasteiger partial charge >= 0.3 is 30.3 Å². The number of ether oxygens (including phenoxy) is 5. The van der Waals surface area contributed by atoms with Crippen LogP contribution in [0.25, 0.3) is 0 Å². The van der Waals surface area contributed by atoms with Gasteiger partial charge in [-0.05, 0) is 23.0 Å². The Kier molecular flexibility index (Phi) is 14.3. The molecule has 2 aromatic carbocycles. The minimum atomic E-state index is -1.69. The second kappa shape index (κ2) is 17.9. The van der Waals surface area contributed by atoms with Crippen LogP contribution in [0.4, 0.5) is 14.4 Å². The van der Waals surface area contributed by atoms with Gasteiger partial charge in [0.1, 0.15) is 38.5 Å². The lowest BCUT2D eigenvalue weighted by Crippen LogP contribution is -2.47. The maximum absolute atomic E-state index is 12.7. The summed E-state index contributed by atoms with van der Waals surface area (Å²) < 4.78 is 25.4. The van der Waals surface area contributed by atoms with Gasteiger partial charge in [-0.2, -0.15) is 0 Å². The van der Waals surface area contributed by atoms with Crippen LogP contribution in [0.15, 0.2) is 60.7 Å². The second-order valence-electron chi connectivity index (χ2n) is 10.1. The molecule has 2 atom stereocenters. The number of nitrogens with one attached hydrogen (secondary N) is 2. The van der Waals surface area contributed by atoms with Gasteiger partial charge in [0, 0.05) is 0 Å². The summed E-state index contributed by atoms with van der Waals surface area (Å²) in [6.45, 7) is 5.43. The monoisotopic (exact) mass is 602 g/mol. The van der Waals surface area contributed by atoms with Crippen LogP contribution in [0.1, 0.15) is 38.8 Å². The minimum absolute atomic E-state index is 0.0105. The molecule has 43 heavy (non-hydrogen) atoms. The number of alkyl carbamates (subject to hydrolysis) is 2. The molecule has 0 heterocycles. The van der Waals surface area contributed by atoms with Crippen molar-refractivity contribution in [2.45, 2.75) is 59.1 Å². The number of esters is 2. The maximum Gasteiger partial charge on any atom is 0.506 e. The Bertz CT molecular complexity index is 1100. The van der Waals surface area contributed by atoms with Crippen LogP contribution in [-0.2, 0) is 46.5 Å². The summed E-state index contributed by atoms with van der Waals surface area (Å²) >= 11 is 0. The standard InChI is InChI=1S/C30H38N2O11/c1-19(2)24(31-28(35)41-15-21-11-7-5-8-12-21)26(33)39-17-23(43-30(37)38)18-40-27(34)25(20(3)4)32-29(36)42-16-22-13-9-6-10-14-22/h5-14,19-20,23-25H,15-18H2,1-4H3,(H,31,35)(H,32,36)(H,37,38)/t24-,25-/m0/s1. The molecular weight excluding hydrogens is 564 g/mol. The summed E-state index contributed by atoms with van der Waals surface area (Å²) in [4.78, 5) is 61.2. The van der Waals surface area contributed by atoms with Crippen molar-refractivity contribution in [3.05, 3.63) is 71.8 Å². The Labute approximate surface area is 249 Å². The van der Waals surface area contributed by atoms with Crippen LogP contribution in [0.2, 0.25) is 0 Å². The summed E-state index contributed by atoms with van der Waals surface area (Å²) in [6, 6.07) is 15.7. The van der Waals surface area contributed by atoms with Crippen molar-refractivity contribution in [3.63, 3.8) is 0 Å². The van der Waals surface area contributed by atoms with E-state index >= 15 is 0 Å². The Morgan fingerprint density at radius 3 is 1.33 bits per heavy atom. The second-order valence-corrected chi connectivity index (χ2v) is 10.1. The summed E-state index contributed by atoms with van der Waals surface area (Å²) in [7, 11) is 0. The molecule has 13 nitrogen and oxygen atoms in total. The smallest absolute Gasteiger partial charge is 0.460 e. The minimum Gasteiger partial charge on any atom is -0.460 e. The molecule has 0 unspecified atom stereocenters. The summed E-state index contributed by atoms with van der Waals surface area (Å²) in [5.74, 6) is -2.57. The Hall–Kier alpha value is -4.81. The normalized spacial score (nSPS) is 12.2. The highest BCUT2D eigenvalue weighted by Gasteiger charge is 2.30. The van der Waals surface area contributed by atoms with E-state index in [0.29, 0.717) is 0 Å². The zero-order valence-corrected chi connectivity index (χ0v) is 24.5. The van der Waals surface area contributed by atoms with Crippen LogP contribution in [0.3, 0.4) is 0 Å². The number of rotatable bonds is 15. The molecule has 0 fully saturated rings. The highest BCUT2D eigenvalue weighted by Crippen LogP contribution is 2.10. The van der Waals surface area contributed by atoms with Crippen LogP contribution < -0.4 is 10.6 Å². The molecule has 0 aliphatic rings. The van der Waals surface area contributed by atoms with Crippen molar-refractivity contribution in [2.24, 2.45) is 11.8 Å². The van der Waals surface area contributed by atoms with Gasteiger partial charge in [-0.15, -0.1) is 0 Å². The molecule has 0 radical (unpaired) electrons. The van der Waals surface area contributed by atoms with Crippen molar-refractivity contribution in [1.82, 2.24) is 10.6 Å². The summed E-state index contributed by atoms with van der Waals surface area (Å²) in [5, 5.41) is 14.0. The van der Waals surface area contributed by atoms with Crippen LogP contribution in [0, 0.1) is 11.8 Å². The highest BCUT2D eigenvalue weighted by molar-refractivity contribution is 5.82. The van der Waals surface area contributed by atoms with Crippen molar-refractivity contribution < 1.29 is 52.8 Å². The van der Waals surface area contributed by atoms with E-state index in [0.717, 1.165) is 11.1 Å². The molecule has 2 rings (SSSR count). The zero-order chi connectivity index (χ0) is 31.8. The molecule has 0 aromatic heterocycles. The van der Waals surface area contributed by atoms with Crippen LogP contribution in [-0.4, -0.2) is 66.8 Å². The first-order valence-electron chi connectivity index (χ1n) is 13.6. The number of carbonyl (C=O) groups excluding carboxylic acids is 4. The van der Waals surface area contributed by atoms with Gasteiger partial charge in [0.25, 0.3) is 0 Å². The van der Waals surface area contributed by atoms with E-state index < -0.39 is 73.5 Å². The van der Waals surface area contributed by atoms with E-state index in [1.807, 2.05) is 12.1 Å². The van der Waals surface area contributed by atoms with Gasteiger partial charge in [0.15, 0.2) is 6.10 Å². The molecule has 2 aromatic rings. The van der Waals surface area contributed by atoms with Gasteiger partial charge < -0.3 is 39.4 Å². The lowest BCUT2D eigenvalue weighted by atomic mass is 10.1. The van der Waals surface area contributed by atoms with Crippen LogP contribution in [0.5, 0.6) is 0 Å². The fraction of sp³-hybridized carbons (Fsp3) is 0.433. The first-order chi connectivity index (χ1) is 20.5. The summed E-state index contributed by atoms with van der Waals surface area (Å²) in [5.41, 5.74) is 1.51. The third kappa shape index (κ3) is 13.1. The van der Waals surface area contributed by atoms with Gasteiger partial charge in [-0.25, -0.2) is 24.0 Å². The number of benzene rings is 2. The molecule has 234 valence electrons. The zero-order valence-electron chi connectivity index (χ0n) is 24.5. The molecule has 0 bridgehead atoms. The number of hydrogen-bond donors (Lipinski definition) is 3. The molecule has 0 saturated carbocycles. The molecule has 3 N–H and O–H groups in total. The Morgan fingerprint density at radius 1 is 0.628 bits per heavy atom. The third-order valence-corrected chi connectivity index (χ3v) is 5.90. The topological polar surface area (TPSA) is 176 Å². The van der Waals surface area contributed by atoms with E-state index in [9.17, 15) is 24.0 Å². The lowest BCUT2D eigenvalue weighted by Gasteiger charge is -2.24. The van der Waals surface area contributed by atoms with Crippen LogP contribution >= 0.6 is 0 Å².